The Hall–Kier alpha value is -2.18. The van der Waals surface area contributed by atoms with Gasteiger partial charge in [0.2, 0.25) is 0 Å². The molecule has 1 aliphatic carbocycles. The van der Waals surface area contributed by atoms with Gasteiger partial charge in [-0.2, -0.15) is 0 Å². The number of benzene rings is 1. The summed E-state index contributed by atoms with van der Waals surface area (Å²) in [7, 11) is 0. The highest BCUT2D eigenvalue weighted by Crippen LogP contribution is 2.37. The largest absolute Gasteiger partial charge is 0.462 e. The smallest absolute Gasteiger partial charge is 0.341 e. The summed E-state index contributed by atoms with van der Waals surface area (Å²) in [5.41, 5.74) is 2.84. The van der Waals surface area contributed by atoms with Crippen molar-refractivity contribution in [2.24, 2.45) is 0 Å². The maximum atomic E-state index is 12.6. The van der Waals surface area contributed by atoms with Gasteiger partial charge >= 0.3 is 5.97 Å². The molecule has 1 aliphatic rings. The van der Waals surface area contributed by atoms with Crippen LogP contribution in [0.2, 0.25) is 0 Å². The van der Waals surface area contributed by atoms with Gasteiger partial charge in [-0.15, -0.1) is 11.3 Å². The molecule has 1 amide bonds. The van der Waals surface area contributed by atoms with Crippen LogP contribution in [0.4, 0.5) is 5.00 Å². The summed E-state index contributed by atoms with van der Waals surface area (Å²) in [6.07, 6.45) is 5.24. The van der Waals surface area contributed by atoms with Crippen LogP contribution in [0.3, 0.4) is 0 Å². The van der Waals surface area contributed by atoms with Crippen LogP contribution in [0, 0.1) is 0 Å². The van der Waals surface area contributed by atoms with Gasteiger partial charge in [-0.05, 0) is 45.1 Å². The van der Waals surface area contributed by atoms with Crippen molar-refractivity contribution in [3.8, 4) is 0 Å². The number of aryl methyl sites for hydroxylation is 1. The lowest BCUT2D eigenvalue weighted by atomic mass is 10.1. The summed E-state index contributed by atoms with van der Waals surface area (Å²) < 4.78 is 5.28. The van der Waals surface area contributed by atoms with Crippen molar-refractivity contribution >= 4 is 28.2 Å². The van der Waals surface area contributed by atoms with E-state index in [1.54, 1.807) is 18.3 Å². The molecule has 150 valence electrons. The second-order valence-corrected chi connectivity index (χ2v) is 8.28. The molecule has 0 aliphatic heterocycles. The molecule has 3 rings (SSSR count). The molecule has 0 spiro atoms. The number of quaternary nitrogens is 1. The van der Waals surface area contributed by atoms with Crippen molar-refractivity contribution in [1.82, 2.24) is 0 Å². The van der Waals surface area contributed by atoms with Gasteiger partial charge in [0.25, 0.3) is 5.91 Å². The monoisotopic (exact) mass is 401 g/mol. The highest BCUT2D eigenvalue weighted by atomic mass is 32.1. The van der Waals surface area contributed by atoms with Gasteiger partial charge in [0.05, 0.1) is 12.2 Å². The average Bonchev–Trinajstić information content (AvgIpc) is 2.87. The van der Waals surface area contributed by atoms with E-state index in [1.807, 2.05) is 23.5 Å². The summed E-state index contributed by atoms with van der Waals surface area (Å²) in [5.74, 6) is -0.413. The van der Waals surface area contributed by atoms with Crippen LogP contribution in [-0.2, 0) is 22.4 Å². The van der Waals surface area contributed by atoms with Crippen molar-refractivity contribution in [2.75, 3.05) is 18.5 Å². The Kier molecular flexibility index (Phi) is 7.23. The molecule has 2 aromatic rings. The molecule has 1 aromatic carbocycles. The maximum absolute atomic E-state index is 12.6. The first-order chi connectivity index (χ1) is 13.6. The Balaban J connectivity index is 1.70. The van der Waals surface area contributed by atoms with E-state index < -0.39 is 0 Å². The Bertz CT molecular complexity index is 817. The van der Waals surface area contributed by atoms with Gasteiger partial charge in [-0.25, -0.2) is 4.79 Å². The van der Waals surface area contributed by atoms with Crippen LogP contribution in [0.1, 0.15) is 65.5 Å². The summed E-state index contributed by atoms with van der Waals surface area (Å²) in [4.78, 5) is 26.4. The number of hydrogen-bond acceptors (Lipinski definition) is 4. The number of carbonyl (C=O) groups is 2. The van der Waals surface area contributed by atoms with Gasteiger partial charge in [0.1, 0.15) is 11.0 Å². The number of nitrogens with two attached hydrogens (primary N) is 1. The molecule has 0 radical (unpaired) electrons. The topological polar surface area (TPSA) is 72.0 Å². The first-order valence-corrected chi connectivity index (χ1v) is 10.9. The zero-order valence-corrected chi connectivity index (χ0v) is 17.4. The van der Waals surface area contributed by atoms with Crippen LogP contribution in [0.15, 0.2) is 30.3 Å². The number of fused-ring (bicyclic) bond motifs is 1. The van der Waals surface area contributed by atoms with Crippen molar-refractivity contribution in [2.45, 2.75) is 52.0 Å². The summed E-state index contributed by atoms with van der Waals surface area (Å²) in [6.45, 7) is 4.53. The van der Waals surface area contributed by atoms with E-state index in [1.165, 1.54) is 16.9 Å². The lowest BCUT2D eigenvalue weighted by molar-refractivity contribution is -0.682. The Morgan fingerprint density at radius 2 is 1.93 bits per heavy atom. The molecule has 28 heavy (non-hydrogen) atoms. The third-order valence-electron chi connectivity index (χ3n) is 5.14. The number of hydrogen-bond donors (Lipinski definition) is 2. The molecule has 1 aromatic heterocycles. The van der Waals surface area contributed by atoms with Crippen LogP contribution in [-0.4, -0.2) is 25.0 Å². The van der Waals surface area contributed by atoms with Crippen LogP contribution in [0.25, 0.3) is 0 Å². The van der Waals surface area contributed by atoms with E-state index in [0.717, 1.165) is 31.2 Å². The van der Waals surface area contributed by atoms with Crippen LogP contribution in [0.5, 0.6) is 0 Å². The third kappa shape index (κ3) is 5.00. The molecule has 1 heterocycles. The number of amides is 1. The highest BCUT2D eigenvalue weighted by molar-refractivity contribution is 7.17. The van der Waals surface area contributed by atoms with E-state index in [-0.39, 0.29) is 17.9 Å². The molecule has 3 N–H and O–H groups in total. The van der Waals surface area contributed by atoms with E-state index in [2.05, 4.69) is 24.4 Å². The number of rotatable bonds is 7. The van der Waals surface area contributed by atoms with Gasteiger partial charge in [0.15, 0.2) is 6.54 Å². The molecule has 5 nitrogen and oxygen atoms in total. The van der Waals surface area contributed by atoms with E-state index in [4.69, 9.17) is 4.74 Å². The SMILES string of the molecule is CCOC(=O)c1c(NC(=O)C[NH2+][C@@H](C)c2ccccc2)sc2c1CCCCC2. The van der Waals surface area contributed by atoms with Crippen LogP contribution >= 0.6 is 11.3 Å². The predicted molar refractivity (Wildman–Crippen MR) is 112 cm³/mol. The molecule has 0 fully saturated rings. The maximum Gasteiger partial charge on any atom is 0.341 e. The number of ether oxygens (including phenoxy) is 1. The van der Waals surface area contributed by atoms with E-state index in [0.29, 0.717) is 23.7 Å². The molecule has 1 atom stereocenters. The molecular weight excluding hydrogens is 372 g/mol. The quantitative estimate of drug-likeness (QED) is 0.551. The zero-order valence-electron chi connectivity index (χ0n) is 16.6. The fraction of sp³-hybridized carbons (Fsp3) is 0.455. The average molecular weight is 402 g/mol. The molecule has 0 saturated carbocycles. The number of carbonyl (C=O) groups excluding carboxylic acids is 2. The number of anilines is 1. The minimum Gasteiger partial charge on any atom is -0.462 e. The first-order valence-electron chi connectivity index (χ1n) is 10.1. The Morgan fingerprint density at radius 3 is 2.68 bits per heavy atom. The van der Waals surface area contributed by atoms with Gasteiger partial charge in [0, 0.05) is 10.4 Å². The first kappa shape index (κ1) is 20.6. The number of thiophene rings is 1. The molecule has 0 saturated heterocycles. The highest BCUT2D eigenvalue weighted by Gasteiger charge is 2.27. The summed E-state index contributed by atoms with van der Waals surface area (Å²) in [6, 6.07) is 10.3. The summed E-state index contributed by atoms with van der Waals surface area (Å²) in [5, 5.41) is 5.64. The molecular formula is C22H29N2O3S+. The Morgan fingerprint density at radius 1 is 1.18 bits per heavy atom. The second kappa shape index (κ2) is 9.85. The van der Waals surface area contributed by atoms with Gasteiger partial charge in [-0.1, -0.05) is 36.8 Å². The lowest BCUT2D eigenvalue weighted by Gasteiger charge is -2.11. The van der Waals surface area contributed by atoms with Crippen molar-refractivity contribution in [3.63, 3.8) is 0 Å². The van der Waals surface area contributed by atoms with Crippen molar-refractivity contribution in [1.29, 1.82) is 0 Å². The van der Waals surface area contributed by atoms with Gasteiger partial charge in [-0.3, -0.25) is 4.79 Å². The van der Waals surface area contributed by atoms with Crippen molar-refractivity contribution < 1.29 is 19.6 Å². The fourth-order valence-corrected chi connectivity index (χ4v) is 4.90. The Labute approximate surface area is 170 Å². The molecule has 6 heteroatoms. The standard InChI is InChI=1S/C22H28N2O3S/c1-3-27-22(26)20-17-12-8-5-9-13-18(17)28-21(20)24-19(25)14-23-15(2)16-10-6-4-7-11-16/h4,6-7,10-11,15,23H,3,5,8-9,12-14H2,1-2H3,(H,24,25)/p+1/t15-/m0/s1. The molecule has 0 unspecified atom stereocenters. The normalized spacial score (nSPS) is 14.6. The van der Waals surface area contributed by atoms with E-state index >= 15 is 0 Å². The predicted octanol–water partition coefficient (Wildman–Crippen LogP) is 3.46. The number of nitrogens with one attached hydrogen (secondary N) is 1. The molecule has 0 bridgehead atoms. The van der Waals surface area contributed by atoms with E-state index in [9.17, 15) is 9.59 Å². The second-order valence-electron chi connectivity index (χ2n) is 7.18. The minimum atomic E-state index is -0.321. The lowest BCUT2D eigenvalue weighted by Crippen LogP contribution is -2.86. The minimum absolute atomic E-state index is 0.0928. The third-order valence-corrected chi connectivity index (χ3v) is 6.34. The van der Waals surface area contributed by atoms with Crippen LogP contribution < -0.4 is 10.6 Å². The summed E-state index contributed by atoms with van der Waals surface area (Å²) >= 11 is 1.54. The van der Waals surface area contributed by atoms with Gasteiger partial charge < -0.3 is 15.4 Å². The zero-order chi connectivity index (χ0) is 19.9. The fourth-order valence-electron chi connectivity index (χ4n) is 3.60. The van der Waals surface area contributed by atoms with Crippen molar-refractivity contribution in [3.05, 3.63) is 51.9 Å². The number of esters is 1.